The first-order valence-electron chi connectivity index (χ1n) is 8.42. The molecule has 0 radical (unpaired) electrons. The molecule has 136 valence electrons. The molecule has 23 heavy (non-hydrogen) atoms. The van der Waals surface area contributed by atoms with Crippen LogP contribution in [0.5, 0.6) is 0 Å². The minimum atomic E-state index is -1.36. The van der Waals surface area contributed by atoms with E-state index in [4.69, 9.17) is 14.2 Å². The maximum absolute atomic E-state index is 11.2. The Labute approximate surface area is 137 Å². The monoisotopic (exact) mass is 334 g/mol. The molecule has 0 amide bonds. The van der Waals surface area contributed by atoms with Gasteiger partial charge in [-0.25, -0.2) is 0 Å². The van der Waals surface area contributed by atoms with Crippen LogP contribution in [0.2, 0.25) is 0 Å². The standard InChI is InChI=1S/C16H30O7/c1-3-4-5-6-7-8-9-21-16-15(22-11(2)18)14(20)13(19)12(10-17)23-16/h12-17,19-20H,3-10H2,1-2H3/t12-,13-,14+,15-,16-/m1/s1. The zero-order valence-electron chi connectivity index (χ0n) is 14.0. The Hall–Kier alpha value is -0.730. The molecule has 1 rings (SSSR count). The fourth-order valence-electron chi connectivity index (χ4n) is 2.59. The van der Waals surface area contributed by atoms with Crippen molar-refractivity contribution in [2.75, 3.05) is 13.2 Å². The third-order valence-electron chi connectivity index (χ3n) is 3.91. The summed E-state index contributed by atoms with van der Waals surface area (Å²) in [5, 5.41) is 29.1. The molecule has 0 aromatic rings. The maximum Gasteiger partial charge on any atom is 0.303 e. The van der Waals surface area contributed by atoms with Gasteiger partial charge in [0.1, 0.15) is 18.3 Å². The van der Waals surface area contributed by atoms with Crippen LogP contribution in [0.15, 0.2) is 0 Å². The normalized spacial score (nSPS) is 31.1. The number of unbranched alkanes of at least 4 members (excludes halogenated alkanes) is 5. The molecule has 7 heteroatoms. The summed E-state index contributed by atoms with van der Waals surface area (Å²) in [5.41, 5.74) is 0. The molecule has 0 aliphatic carbocycles. The SMILES string of the molecule is CCCCCCCCO[C@@H]1O[C@H](CO)[C@@H](O)[C@H](O)[C@H]1OC(C)=O. The van der Waals surface area contributed by atoms with Crippen molar-refractivity contribution in [1.82, 2.24) is 0 Å². The van der Waals surface area contributed by atoms with Gasteiger partial charge in [0, 0.05) is 13.5 Å². The number of carbonyl (C=O) groups is 1. The highest BCUT2D eigenvalue weighted by atomic mass is 16.7. The minimum absolute atomic E-state index is 0.398. The first-order valence-corrected chi connectivity index (χ1v) is 8.42. The third kappa shape index (κ3) is 6.73. The summed E-state index contributed by atoms with van der Waals surface area (Å²) in [7, 11) is 0. The molecule has 7 nitrogen and oxygen atoms in total. The maximum atomic E-state index is 11.2. The van der Waals surface area contributed by atoms with Crippen molar-refractivity contribution in [2.24, 2.45) is 0 Å². The first-order chi connectivity index (χ1) is 11.0. The average Bonchev–Trinajstić information content (AvgIpc) is 2.52. The molecule has 1 aliphatic rings. The second kappa shape index (κ2) is 10.9. The van der Waals surface area contributed by atoms with Gasteiger partial charge in [-0.1, -0.05) is 39.0 Å². The molecular formula is C16H30O7. The van der Waals surface area contributed by atoms with Gasteiger partial charge in [-0.3, -0.25) is 4.79 Å². The number of rotatable bonds is 10. The van der Waals surface area contributed by atoms with Crippen molar-refractivity contribution >= 4 is 5.97 Å². The zero-order chi connectivity index (χ0) is 17.2. The van der Waals surface area contributed by atoms with Gasteiger partial charge in [0.05, 0.1) is 6.61 Å². The van der Waals surface area contributed by atoms with E-state index < -0.39 is 43.3 Å². The number of ether oxygens (including phenoxy) is 3. The Kier molecular flexibility index (Phi) is 9.66. The van der Waals surface area contributed by atoms with Crippen LogP contribution in [0.3, 0.4) is 0 Å². The lowest BCUT2D eigenvalue weighted by Gasteiger charge is -2.41. The summed E-state index contributed by atoms with van der Waals surface area (Å²) in [6.45, 7) is 3.31. The molecule has 0 unspecified atom stereocenters. The van der Waals surface area contributed by atoms with Crippen molar-refractivity contribution in [3.05, 3.63) is 0 Å². The Morgan fingerprint density at radius 1 is 1.09 bits per heavy atom. The van der Waals surface area contributed by atoms with E-state index in [1.165, 1.54) is 26.2 Å². The molecule has 0 aromatic carbocycles. The summed E-state index contributed by atoms with van der Waals surface area (Å²) < 4.78 is 16.0. The van der Waals surface area contributed by atoms with Crippen molar-refractivity contribution in [2.45, 2.75) is 83.1 Å². The van der Waals surface area contributed by atoms with Gasteiger partial charge in [0.25, 0.3) is 0 Å². The average molecular weight is 334 g/mol. The lowest BCUT2D eigenvalue weighted by molar-refractivity contribution is -0.304. The number of aliphatic hydroxyl groups excluding tert-OH is 3. The summed E-state index contributed by atoms with van der Waals surface area (Å²) in [6, 6.07) is 0. The lowest BCUT2D eigenvalue weighted by Crippen LogP contribution is -2.60. The summed E-state index contributed by atoms with van der Waals surface area (Å²) in [4.78, 5) is 11.2. The molecule has 0 bridgehead atoms. The van der Waals surface area contributed by atoms with Gasteiger partial charge in [-0.05, 0) is 6.42 Å². The van der Waals surface area contributed by atoms with E-state index in [2.05, 4.69) is 6.92 Å². The van der Waals surface area contributed by atoms with Crippen LogP contribution in [-0.2, 0) is 19.0 Å². The number of hydrogen-bond acceptors (Lipinski definition) is 7. The number of esters is 1. The van der Waals surface area contributed by atoms with Crippen molar-refractivity contribution in [3.8, 4) is 0 Å². The second-order valence-electron chi connectivity index (χ2n) is 5.92. The van der Waals surface area contributed by atoms with E-state index in [-0.39, 0.29) is 0 Å². The Morgan fingerprint density at radius 2 is 1.74 bits per heavy atom. The topological polar surface area (TPSA) is 105 Å². The largest absolute Gasteiger partial charge is 0.454 e. The van der Waals surface area contributed by atoms with E-state index in [0.29, 0.717) is 6.61 Å². The lowest BCUT2D eigenvalue weighted by atomic mass is 9.99. The van der Waals surface area contributed by atoms with Crippen LogP contribution in [0, 0.1) is 0 Å². The quantitative estimate of drug-likeness (QED) is 0.399. The fraction of sp³-hybridized carbons (Fsp3) is 0.938. The highest BCUT2D eigenvalue weighted by molar-refractivity contribution is 5.66. The van der Waals surface area contributed by atoms with Crippen LogP contribution in [0.25, 0.3) is 0 Å². The van der Waals surface area contributed by atoms with E-state index in [0.717, 1.165) is 19.3 Å². The molecule has 1 heterocycles. The first kappa shape index (κ1) is 20.3. The summed E-state index contributed by atoms with van der Waals surface area (Å²) in [5.74, 6) is -0.597. The number of aliphatic hydroxyl groups is 3. The predicted molar refractivity (Wildman–Crippen MR) is 82.6 cm³/mol. The van der Waals surface area contributed by atoms with Gasteiger partial charge in [0.15, 0.2) is 12.4 Å². The third-order valence-corrected chi connectivity index (χ3v) is 3.91. The molecule has 1 fully saturated rings. The van der Waals surface area contributed by atoms with Gasteiger partial charge < -0.3 is 29.5 Å². The predicted octanol–water partition coefficient (Wildman–Crippen LogP) is 0.734. The van der Waals surface area contributed by atoms with E-state index in [9.17, 15) is 20.1 Å². The Bertz CT molecular complexity index is 336. The zero-order valence-corrected chi connectivity index (χ0v) is 14.0. The molecule has 1 saturated heterocycles. The summed E-state index contributed by atoms with van der Waals surface area (Å²) >= 11 is 0. The second-order valence-corrected chi connectivity index (χ2v) is 5.92. The van der Waals surface area contributed by atoms with Crippen molar-refractivity contribution in [3.63, 3.8) is 0 Å². The van der Waals surface area contributed by atoms with Crippen LogP contribution < -0.4 is 0 Å². The van der Waals surface area contributed by atoms with Gasteiger partial charge >= 0.3 is 5.97 Å². The number of carbonyl (C=O) groups excluding carboxylic acids is 1. The van der Waals surface area contributed by atoms with Crippen molar-refractivity contribution in [1.29, 1.82) is 0 Å². The number of hydrogen-bond donors (Lipinski definition) is 3. The molecular weight excluding hydrogens is 304 g/mol. The van der Waals surface area contributed by atoms with E-state index in [1.54, 1.807) is 0 Å². The van der Waals surface area contributed by atoms with E-state index in [1.807, 2.05) is 0 Å². The molecule has 0 saturated carbocycles. The van der Waals surface area contributed by atoms with Crippen LogP contribution >= 0.6 is 0 Å². The molecule has 5 atom stereocenters. The van der Waals surface area contributed by atoms with E-state index >= 15 is 0 Å². The van der Waals surface area contributed by atoms with Crippen LogP contribution in [-0.4, -0.2) is 65.2 Å². The highest BCUT2D eigenvalue weighted by Crippen LogP contribution is 2.25. The Balaban J connectivity index is 2.45. The van der Waals surface area contributed by atoms with Crippen LogP contribution in [0.1, 0.15) is 52.4 Å². The molecule has 3 N–H and O–H groups in total. The smallest absolute Gasteiger partial charge is 0.303 e. The highest BCUT2D eigenvalue weighted by Gasteiger charge is 2.46. The Morgan fingerprint density at radius 3 is 2.35 bits per heavy atom. The summed E-state index contributed by atoms with van der Waals surface area (Å²) in [6.07, 6.45) is 0.848. The van der Waals surface area contributed by atoms with Crippen molar-refractivity contribution < 1.29 is 34.3 Å². The van der Waals surface area contributed by atoms with Gasteiger partial charge in [-0.2, -0.15) is 0 Å². The molecule has 0 aromatic heterocycles. The fourth-order valence-corrected chi connectivity index (χ4v) is 2.59. The molecule has 1 aliphatic heterocycles. The van der Waals surface area contributed by atoms with Gasteiger partial charge in [-0.15, -0.1) is 0 Å². The van der Waals surface area contributed by atoms with Crippen LogP contribution in [0.4, 0.5) is 0 Å². The van der Waals surface area contributed by atoms with Gasteiger partial charge in [0.2, 0.25) is 0 Å². The minimum Gasteiger partial charge on any atom is -0.454 e. The molecule has 0 spiro atoms.